The molecule has 0 unspecified atom stereocenters. The molecule has 1 aromatic carbocycles. The van der Waals surface area contributed by atoms with Crippen molar-refractivity contribution in [1.29, 1.82) is 0 Å². The summed E-state index contributed by atoms with van der Waals surface area (Å²) in [4.78, 5) is 18.2. The maximum Gasteiger partial charge on any atom is 0.194 e. The number of aryl methyl sites for hydroxylation is 1. The van der Waals surface area contributed by atoms with E-state index in [9.17, 15) is 0 Å². The van der Waals surface area contributed by atoms with Gasteiger partial charge in [-0.3, -0.25) is 9.67 Å². The van der Waals surface area contributed by atoms with Crippen molar-refractivity contribution in [3.63, 3.8) is 0 Å². The Morgan fingerprint density at radius 2 is 1.90 bits per heavy atom. The van der Waals surface area contributed by atoms with Gasteiger partial charge < -0.3 is 20.4 Å². The van der Waals surface area contributed by atoms with Crippen LogP contribution in [0.25, 0.3) is 11.0 Å². The fourth-order valence-electron chi connectivity index (χ4n) is 3.68. The molecule has 4 rings (SSSR count). The summed E-state index contributed by atoms with van der Waals surface area (Å²) in [7, 11) is 1.88. The average molecular weight is 408 g/mol. The van der Waals surface area contributed by atoms with Gasteiger partial charge in [-0.25, -0.2) is 9.97 Å². The molecule has 2 aromatic heterocycles. The quantitative estimate of drug-likeness (QED) is 0.364. The molecule has 9 nitrogen and oxygen atoms in total. The molecule has 0 radical (unpaired) electrons. The first-order chi connectivity index (χ1) is 14.8. The Bertz CT molecular complexity index is 975. The zero-order valence-electron chi connectivity index (χ0n) is 17.6. The SMILES string of the molecule is CCNC(=NCCNc1ncnc2c1cnn2C)N1CCN(c2ccccc2)CC1. The third-order valence-electron chi connectivity index (χ3n) is 5.23. The van der Waals surface area contributed by atoms with Crippen LogP contribution >= 0.6 is 0 Å². The third kappa shape index (κ3) is 4.45. The fourth-order valence-corrected chi connectivity index (χ4v) is 3.68. The highest BCUT2D eigenvalue weighted by molar-refractivity contribution is 5.86. The lowest BCUT2D eigenvalue weighted by Gasteiger charge is -2.37. The molecule has 1 fully saturated rings. The number of aliphatic imine (C=N–C) groups is 1. The maximum atomic E-state index is 4.82. The Morgan fingerprint density at radius 1 is 1.10 bits per heavy atom. The molecule has 2 N–H and O–H groups in total. The standard InChI is InChI=1S/C21H29N9/c1-3-22-21(30-13-11-29(12-14-30)17-7-5-4-6-8-17)24-10-9-23-19-18-15-27-28(2)20(18)26-16-25-19/h4-8,15-16H,3,9-14H2,1-2H3,(H,22,24)(H,23,25,26). The molecule has 3 heterocycles. The smallest absolute Gasteiger partial charge is 0.194 e. The van der Waals surface area contributed by atoms with Crippen LogP contribution in [0.2, 0.25) is 0 Å². The number of hydrogen-bond acceptors (Lipinski definition) is 6. The lowest BCUT2D eigenvalue weighted by Crippen LogP contribution is -2.52. The number of para-hydroxylation sites is 1. The second-order valence-corrected chi connectivity index (χ2v) is 7.20. The Kier molecular flexibility index (Phi) is 6.26. The van der Waals surface area contributed by atoms with Crippen LogP contribution in [0.3, 0.4) is 0 Å². The molecular formula is C21H29N9. The normalized spacial score (nSPS) is 14.9. The van der Waals surface area contributed by atoms with Gasteiger partial charge in [0.25, 0.3) is 0 Å². The van der Waals surface area contributed by atoms with Crippen LogP contribution in [0.15, 0.2) is 47.8 Å². The number of benzene rings is 1. The monoisotopic (exact) mass is 407 g/mol. The van der Waals surface area contributed by atoms with Crippen molar-refractivity contribution in [2.24, 2.45) is 12.0 Å². The molecule has 0 spiro atoms. The lowest BCUT2D eigenvalue weighted by molar-refractivity contribution is 0.373. The molecule has 3 aromatic rings. The van der Waals surface area contributed by atoms with Crippen molar-refractivity contribution in [2.45, 2.75) is 6.92 Å². The number of aromatic nitrogens is 4. The van der Waals surface area contributed by atoms with Crippen molar-refractivity contribution >= 4 is 28.5 Å². The molecule has 30 heavy (non-hydrogen) atoms. The number of rotatable bonds is 6. The predicted molar refractivity (Wildman–Crippen MR) is 121 cm³/mol. The molecule has 0 bridgehead atoms. The van der Waals surface area contributed by atoms with Gasteiger partial charge in [0.2, 0.25) is 0 Å². The minimum atomic E-state index is 0.660. The fraction of sp³-hybridized carbons (Fsp3) is 0.429. The second kappa shape index (κ2) is 9.43. The summed E-state index contributed by atoms with van der Waals surface area (Å²) in [5.41, 5.74) is 2.11. The predicted octanol–water partition coefficient (Wildman–Crippen LogP) is 1.56. The molecule has 1 saturated heterocycles. The Labute approximate surface area is 176 Å². The highest BCUT2D eigenvalue weighted by atomic mass is 15.3. The lowest BCUT2D eigenvalue weighted by atomic mass is 10.2. The van der Waals surface area contributed by atoms with E-state index in [2.05, 4.69) is 72.8 Å². The molecule has 1 aliphatic rings. The summed E-state index contributed by atoms with van der Waals surface area (Å²) < 4.78 is 1.75. The Morgan fingerprint density at radius 3 is 2.67 bits per heavy atom. The third-order valence-corrected chi connectivity index (χ3v) is 5.23. The van der Waals surface area contributed by atoms with Gasteiger partial charge in [0.1, 0.15) is 12.1 Å². The Balaban J connectivity index is 1.33. The molecule has 9 heteroatoms. The van der Waals surface area contributed by atoms with Crippen LogP contribution in [0, 0.1) is 0 Å². The molecule has 158 valence electrons. The van der Waals surface area contributed by atoms with E-state index in [-0.39, 0.29) is 0 Å². The van der Waals surface area contributed by atoms with E-state index >= 15 is 0 Å². The van der Waals surface area contributed by atoms with Crippen LogP contribution in [0.5, 0.6) is 0 Å². The zero-order valence-corrected chi connectivity index (χ0v) is 17.6. The molecule has 0 amide bonds. The first-order valence-electron chi connectivity index (χ1n) is 10.5. The summed E-state index contributed by atoms with van der Waals surface area (Å²) in [5, 5.41) is 12.0. The number of hydrogen-bond donors (Lipinski definition) is 2. The summed E-state index contributed by atoms with van der Waals surface area (Å²) >= 11 is 0. The van der Waals surface area contributed by atoms with E-state index < -0.39 is 0 Å². The van der Waals surface area contributed by atoms with Crippen molar-refractivity contribution < 1.29 is 0 Å². The number of fused-ring (bicyclic) bond motifs is 1. The van der Waals surface area contributed by atoms with E-state index in [1.54, 1.807) is 17.2 Å². The van der Waals surface area contributed by atoms with E-state index in [1.165, 1.54) is 5.69 Å². The summed E-state index contributed by atoms with van der Waals surface area (Å²) in [6.45, 7) is 8.21. The van der Waals surface area contributed by atoms with Gasteiger partial charge >= 0.3 is 0 Å². The van der Waals surface area contributed by atoms with Crippen molar-refractivity contribution in [3.8, 4) is 0 Å². The van der Waals surface area contributed by atoms with Gasteiger partial charge in [-0.2, -0.15) is 5.10 Å². The largest absolute Gasteiger partial charge is 0.368 e. The van der Waals surface area contributed by atoms with E-state index in [0.717, 1.165) is 55.5 Å². The minimum Gasteiger partial charge on any atom is -0.368 e. The van der Waals surface area contributed by atoms with Gasteiger partial charge in [0.05, 0.1) is 18.1 Å². The summed E-state index contributed by atoms with van der Waals surface area (Å²) in [6.07, 6.45) is 3.35. The number of guanidine groups is 1. The van der Waals surface area contributed by atoms with Crippen molar-refractivity contribution in [2.75, 3.05) is 56.0 Å². The highest BCUT2D eigenvalue weighted by Gasteiger charge is 2.19. The Hall–Kier alpha value is -3.36. The topological polar surface area (TPSA) is 86.5 Å². The van der Waals surface area contributed by atoms with Crippen LogP contribution in [-0.2, 0) is 7.05 Å². The molecule has 1 aliphatic heterocycles. The average Bonchev–Trinajstić information content (AvgIpc) is 3.18. The molecule has 0 atom stereocenters. The highest BCUT2D eigenvalue weighted by Crippen LogP contribution is 2.17. The maximum absolute atomic E-state index is 4.82. The van der Waals surface area contributed by atoms with E-state index in [1.807, 2.05) is 7.05 Å². The van der Waals surface area contributed by atoms with Crippen LogP contribution in [0.4, 0.5) is 11.5 Å². The number of anilines is 2. The number of nitrogens with one attached hydrogen (secondary N) is 2. The van der Waals surface area contributed by atoms with Gasteiger partial charge in [0.15, 0.2) is 11.6 Å². The minimum absolute atomic E-state index is 0.660. The van der Waals surface area contributed by atoms with Gasteiger partial charge in [-0.15, -0.1) is 0 Å². The summed E-state index contributed by atoms with van der Waals surface area (Å²) in [6, 6.07) is 10.6. The molecular weight excluding hydrogens is 378 g/mol. The number of nitrogens with zero attached hydrogens (tertiary/aromatic N) is 7. The number of piperazine rings is 1. The van der Waals surface area contributed by atoms with Gasteiger partial charge in [-0.05, 0) is 19.1 Å². The van der Waals surface area contributed by atoms with Crippen molar-refractivity contribution in [1.82, 2.24) is 30.0 Å². The first-order valence-corrected chi connectivity index (χ1v) is 10.5. The summed E-state index contributed by atoms with van der Waals surface area (Å²) in [5.74, 6) is 1.77. The second-order valence-electron chi connectivity index (χ2n) is 7.20. The van der Waals surface area contributed by atoms with E-state index in [0.29, 0.717) is 13.1 Å². The molecule has 0 aliphatic carbocycles. The molecule has 0 saturated carbocycles. The van der Waals surface area contributed by atoms with Crippen LogP contribution < -0.4 is 15.5 Å². The first kappa shape index (κ1) is 19.9. The van der Waals surface area contributed by atoms with Crippen molar-refractivity contribution in [3.05, 3.63) is 42.9 Å². The van der Waals surface area contributed by atoms with Gasteiger partial charge in [0, 0.05) is 52.0 Å². The zero-order chi connectivity index (χ0) is 20.8. The van der Waals surface area contributed by atoms with E-state index in [4.69, 9.17) is 4.99 Å². The van der Waals surface area contributed by atoms with Crippen LogP contribution in [0.1, 0.15) is 6.92 Å². The van der Waals surface area contributed by atoms with Crippen LogP contribution in [-0.4, -0.2) is 76.4 Å². The van der Waals surface area contributed by atoms with Gasteiger partial charge in [-0.1, -0.05) is 18.2 Å².